The highest BCUT2D eigenvalue weighted by Crippen LogP contribution is 2.41. The molecule has 30 heavy (non-hydrogen) atoms. The van der Waals surface area contributed by atoms with Crippen molar-refractivity contribution in [3.8, 4) is 11.1 Å². The largest absolute Gasteiger partial charge is 0.464 e. The number of carbonyl (C=O) groups is 1. The van der Waals surface area contributed by atoms with Gasteiger partial charge >= 0.3 is 5.97 Å². The van der Waals surface area contributed by atoms with Crippen LogP contribution in [0.15, 0.2) is 41.9 Å². The standard InChI is InChI=1S/C22H18Cl3N3O2/c1-30-22(29)21-20(14-8-26-18-3-2-10(23)4-11(14)18)15(9-28-21)13-7-27-19-6-17(25)16(24)5-12(13)19/h2-9,11,16-18,26-28H,1H3. The second-order valence-corrected chi connectivity index (χ2v) is 8.87. The van der Waals surface area contributed by atoms with Crippen molar-refractivity contribution in [3.05, 3.63) is 63.7 Å². The molecule has 0 radical (unpaired) electrons. The summed E-state index contributed by atoms with van der Waals surface area (Å²) in [5.41, 5.74) is 3.95. The van der Waals surface area contributed by atoms with Crippen molar-refractivity contribution in [3.63, 3.8) is 0 Å². The maximum Gasteiger partial charge on any atom is 0.355 e. The highest BCUT2D eigenvalue weighted by atomic mass is 35.5. The Hall–Kier alpha value is -2.34. The van der Waals surface area contributed by atoms with Gasteiger partial charge in [0.15, 0.2) is 0 Å². The van der Waals surface area contributed by atoms with E-state index in [-0.39, 0.29) is 22.7 Å². The normalized spacial score (nSPS) is 26.5. The van der Waals surface area contributed by atoms with Gasteiger partial charge in [-0.05, 0) is 17.7 Å². The third-order valence-electron chi connectivity index (χ3n) is 5.74. The smallest absolute Gasteiger partial charge is 0.355 e. The van der Waals surface area contributed by atoms with E-state index in [2.05, 4.69) is 15.3 Å². The number of fused-ring (bicyclic) bond motifs is 2. The lowest BCUT2D eigenvalue weighted by Crippen LogP contribution is -2.33. The van der Waals surface area contributed by atoms with Crippen molar-refractivity contribution >= 4 is 58.5 Å². The Bertz CT molecular complexity index is 1250. The summed E-state index contributed by atoms with van der Waals surface area (Å²) in [5, 5.41) is 5.31. The zero-order valence-electron chi connectivity index (χ0n) is 15.9. The third kappa shape index (κ3) is 3.04. The molecule has 0 amide bonds. The van der Waals surface area contributed by atoms with Gasteiger partial charge in [-0.2, -0.15) is 0 Å². The fourth-order valence-electron chi connectivity index (χ4n) is 4.30. The predicted molar refractivity (Wildman–Crippen MR) is 121 cm³/mol. The van der Waals surface area contributed by atoms with Gasteiger partial charge in [-0.25, -0.2) is 4.79 Å². The van der Waals surface area contributed by atoms with Gasteiger partial charge in [0.25, 0.3) is 0 Å². The summed E-state index contributed by atoms with van der Waals surface area (Å²) in [6.07, 6.45) is 15.4. The summed E-state index contributed by atoms with van der Waals surface area (Å²) in [6.45, 7) is 0. The lowest BCUT2D eigenvalue weighted by Gasteiger charge is -2.21. The summed E-state index contributed by atoms with van der Waals surface area (Å²) in [6, 6.07) is 0.0833. The molecule has 2 aliphatic carbocycles. The fraction of sp³-hybridized carbons (Fsp3) is 0.227. The average Bonchev–Trinajstić information content (AvgIpc) is 3.43. The van der Waals surface area contributed by atoms with Crippen LogP contribution >= 0.6 is 34.8 Å². The number of rotatable bonds is 3. The summed E-state index contributed by atoms with van der Waals surface area (Å²) in [5.74, 6) is -0.434. The first-order valence-corrected chi connectivity index (χ1v) is 10.7. The highest BCUT2D eigenvalue weighted by molar-refractivity contribution is 6.34. The van der Waals surface area contributed by atoms with E-state index >= 15 is 0 Å². The number of esters is 1. The van der Waals surface area contributed by atoms with Crippen LogP contribution in [0.3, 0.4) is 0 Å². The van der Waals surface area contributed by atoms with Crippen LogP contribution in [0.5, 0.6) is 0 Å². The van der Waals surface area contributed by atoms with Gasteiger partial charge in [-0.3, -0.25) is 0 Å². The number of allylic oxidation sites excluding steroid dienone is 2. The molecule has 8 heteroatoms. The van der Waals surface area contributed by atoms with Gasteiger partial charge in [-0.1, -0.05) is 29.8 Å². The van der Waals surface area contributed by atoms with Crippen LogP contribution in [0.2, 0.25) is 0 Å². The van der Waals surface area contributed by atoms with Gasteiger partial charge in [0.1, 0.15) is 5.69 Å². The molecule has 4 atom stereocenters. The number of H-pyrrole nitrogens is 2. The summed E-state index contributed by atoms with van der Waals surface area (Å²) in [4.78, 5) is 18.9. The minimum absolute atomic E-state index is 0.00114. The molecule has 5 rings (SSSR count). The predicted octanol–water partition coefficient (Wildman–Crippen LogP) is 3.21. The van der Waals surface area contributed by atoms with Crippen molar-refractivity contribution in [1.82, 2.24) is 15.3 Å². The number of hydrogen-bond acceptors (Lipinski definition) is 3. The van der Waals surface area contributed by atoms with Crippen LogP contribution < -0.4 is 15.9 Å². The number of carbonyl (C=O) groups excluding carboxylic acids is 1. The minimum Gasteiger partial charge on any atom is -0.464 e. The Balaban J connectivity index is 1.71. The number of hydrogen-bond donors (Lipinski definition) is 3. The topological polar surface area (TPSA) is 69.9 Å². The van der Waals surface area contributed by atoms with Gasteiger partial charge in [0.2, 0.25) is 0 Å². The molecular formula is C22H18Cl3N3O2. The van der Waals surface area contributed by atoms with E-state index in [1.54, 1.807) is 0 Å². The van der Waals surface area contributed by atoms with E-state index in [4.69, 9.17) is 39.5 Å². The molecule has 3 heterocycles. The lowest BCUT2D eigenvalue weighted by molar-refractivity contribution is 0.0594. The summed E-state index contributed by atoms with van der Waals surface area (Å²) < 4.78 is 5.03. The maximum absolute atomic E-state index is 12.6. The average molecular weight is 463 g/mol. The van der Waals surface area contributed by atoms with Crippen LogP contribution in [-0.4, -0.2) is 39.8 Å². The molecule has 0 aromatic carbocycles. The van der Waals surface area contributed by atoms with E-state index in [1.165, 1.54) is 7.11 Å². The Morgan fingerprint density at radius 2 is 1.83 bits per heavy atom. The van der Waals surface area contributed by atoms with E-state index < -0.39 is 5.97 Å². The lowest BCUT2D eigenvalue weighted by atomic mass is 9.85. The van der Waals surface area contributed by atoms with Crippen molar-refractivity contribution in [2.75, 3.05) is 7.11 Å². The number of nitrogens with one attached hydrogen (secondary N) is 3. The SMILES string of the molecule is COC(=O)c1[nH]cc(-c2c[nH]c3c2=CC(Cl)C(Cl)C=3)c1C1=CNC2C=CC(Cl)=CC12. The molecule has 0 fully saturated rings. The monoisotopic (exact) mass is 461 g/mol. The van der Waals surface area contributed by atoms with Crippen molar-refractivity contribution < 1.29 is 9.53 Å². The zero-order chi connectivity index (χ0) is 21.0. The molecule has 154 valence electrons. The first kappa shape index (κ1) is 19.6. The van der Waals surface area contributed by atoms with Crippen LogP contribution in [0.25, 0.3) is 28.9 Å². The summed E-state index contributed by atoms with van der Waals surface area (Å²) in [7, 11) is 1.37. The molecule has 2 aromatic heterocycles. The maximum atomic E-state index is 12.6. The number of ether oxygens (including phenoxy) is 1. The van der Waals surface area contributed by atoms with Crippen LogP contribution in [-0.2, 0) is 4.74 Å². The number of alkyl halides is 2. The van der Waals surface area contributed by atoms with E-state index in [1.807, 2.05) is 49.0 Å². The van der Waals surface area contributed by atoms with E-state index in [9.17, 15) is 4.79 Å². The zero-order valence-corrected chi connectivity index (χ0v) is 18.1. The number of methoxy groups -OCH3 is 1. The second kappa shape index (κ2) is 7.41. The molecule has 0 spiro atoms. The molecule has 5 nitrogen and oxygen atoms in total. The molecular weight excluding hydrogens is 445 g/mol. The third-order valence-corrected chi connectivity index (χ3v) is 6.91. The molecule has 3 aliphatic rings. The van der Waals surface area contributed by atoms with Gasteiger partial charge < -0.3 is 20.0 Å². The molecule has 0 saturated heterocycles. The molecule has 1 aliphatic heterocycles. The molecule has 2 aromatic rings. The first-order valence-electron chi connectivity index (χ1n) is 9.49. The second-order valence-electron chi connectivity index (χ2n) is 7.42. The Kier molecular flexibility index (Phi) is 4.85. The fourth-order valence-corrected chi connectivity index (χ4v) is 4.91. The van der Waals surface area contributed by atoms with E-state index in [0.29, 0.717) is 10.7 Å². The summed E-state index contributed by atoms with van der Waals surface area (Å²) >= 11 is 19.0. The Morgan fingerprint density at radius 1 is 1.07 bits per heavy atom. The van der Waals surface area contributed by atoms with Crippen LogP contribution in [0.4, 0.5) is 0 Å². The van der Waals surface area contributed by atoms with Crippen LogP contribution in [0, 0.1) is 5.92 Å². The van der Waals surface area contributed by atoms with Gasteiger partial charge in [0.05, 0.1) is 23.9 Å². The van der Waals surface area contributed by atoms with Gasteiger partial charge in [0, 0.05) is 56.8 Å². The quantitative estimate of drug-likeness (QED) is 0.485. The molecule has 3 N–H and O–H groups in total. The van der Waals surface area contributed by atoms with Crippen LogP contribution in [0.1, 0.15) is 16.1 Å². The van der Waals surface area contributed by atoms with Crippen molar-refractivity contribution in [2.45, 2.75) is 16.8 Å². The first-order chi connectivity index (χ1) is 14.5. The molecule has 0 saturated carbocycles. The van der Waals surface area contributed by atoms with E-state index in [0.717, 1.165) is 32.8 Å². The number of aromatic amines is 2. The highest BCUT2D eigenvalue weighted by Gasteiger charge is 2.34. The van der Waals surface area contributed by atoms with Gasteiger partial charge in [-0.15, -0.1) is 23.2 Å². The Morgan fingerprint density at radius 3 is 2.63 bits per heavy atom. The molecule has 4 unspecified atom stereocenters. The number of aromatic nitrogens is 2. The van der Waals surface area contributed by atoms with Crippen molar-refractivity contribution in [2.24, 2.45) is 5.92 Å². The molecule has 0 bridgehead atoms. The number of halogens is 3. The Labute approximate surface area is 187 Å². The minimum atomic E-state index is -0.432. The van der Waals surface area contributed by atoms with Crippen molar-refractivity contribution in [1.29, 1.82) is 0 Å².